The summed E-state index contributed by atoms with van der Waals surface area (Å²) < 4.78 is -0.667. The zero-order chi connectivity index (χ0) is 53.7. The van der Waals surface area contributed by atoms with Crippen molar-refractivity contribution in [3.63, 3.8) is 0 Å². The number of carbonyl (C=O) groups is 10. The summed E-state index contributed by atoms with van der Waals surface area (Å²) in [6.07, 6.45) is 0.692. The summed E-state index contributed by atoms with van der Waals surface area (Å²) >= 11 is 7.85. The Balaban J connectivity index is 1.86. The Hall–Kier alpha value is -6.86. The first-order chi connectivity index (χ1) is 34.0. The molecule has 3 aromatic rings. The van der Waals surface area contributed by atoms with Crippen LogP contribution in [0.3, 0.4) is 0 Å². The van der Waals surface area contributed by atoms with Crippen molar-refractivity contribution in [3.05, 3.63) is 100 Å². The number of hydrogen-bond acceptors (Lipinski definition) is 12. The molecule has 72 heavy (non-hydrogen) atoms. The van der Waals surface area contributed by atoms with Gasteiger partial charge in [0.15, 0.2) is 0 Å². The maximum absolute atomic E-state index is 14.2. The van der Waals surface area contributed by atoms with Crippen LogP contribution in [-0.2, 0) is 62.4 Å². The maximum atomic E-state index is 14.2. The third kappa shape index (κ3) is 20.5. The van der Waals surface area contributed by atoms with Gasteiger partial charge in [0.2, 0.25) is 59.1 Å². The monoisotopic (exact) mass is 1130 g/mol. The lowest BCUT2D eigenvalue weighted by Crippen LogP contribution is -2.61. The Labute approximate surface area is 435 Å². The average molecular weight is 1130 g/mol. The third-order valence-electron chi connectivity index (χ3n) is 11.1. The summed E-state index contributed by atoms with van der Waals surface area (Å²) in [5.41, 5.74) is 24.6. The molecule has 0 bridgehead atoms. The van der Waals surface area contributed by atoms with Gasteiger partial charge in [0, 0.05) is 33.9 Å². The van der Waals surface area contributed by atoms with E-state index in [4.69, 9.17) is 34.5 Å². The fraction of sp³-hybridized carbons (Fsp3) is 0.417. The molecule has 390 valence electrons. The van der Waals surface area contributed by atoms with Crippen molar-refractivity contribution in [2.45, 2.75) is 118 Å². The SMILES string of the molecule is CCCC[C@H](NC(=O)CCc1ccc(C(N)=O)cc1)C(=O)N[C@H](C(=O)N[C@@H](CC(=O)NCC(NC(=O)[C@@H](N)Cc1ccc(Cl)cc1)C(=O)N[C@@H](C)C(N)=O)C(=O)N[C@H](Cc1ccc(O)cc1)C(N)=O)[C@@H](C)I. The number of aryl methyl sites for hydroxylation is 1. The van der Waals surface area contributed by atoms with Crippen LogP contribution in [0.15, 0.2) is 72.8 Å². The van der Waals surface area contributed by atoms with Gasteiger partial charge in [-0.2, -0.15) is 0 Å². The highest BCUT2D eigenvalue weighted by atomic mass is 127. The molecule has 0 aromatic heterocycles. The van der Waals surface area contributed by atoms with E-state index in [0.29, 0.717) is 34.6 Å². The number of amides is 10. The van der Waals surface area contributed by atoms with Crippen LogP contribution in [0.2, 0.25) is 5.02 Å². The third-order valence-corrected chi connectivity index (χ3v) is 12.1. The van der Waals surface area contributed by atoms with E-state index < -0.39 is 118 Å². The first-order valence-electron chi connectivity index (χ1n) is 22.9. The predicted octanol–water partition coefficient (Wildman–Crippen LogP) is -0.691. The van der Waals surface area contributed by atoms with Crippen molar-refractivity contribution in [1.29, 1.82) is 0 Å². The summed E-state index contributed by atoms with van der Waals surface area (Å²) in [5, 5.41) is 27.8. The smallest absolute Gasteiger partial charge is 0.248 e. The Morgan fingerprint density at radius 2 is 1.15 bits per heavy atom. The standard InChI is InChI=1S/C48H63ClIN11O11/c1-4-5-6-34(57-38(63)20-13-27-7-14-30(15-8-27)42(53)66)45(69)61-40(25(2)50)48(72)59-36(46(70)58-35(43(54)67)22-29-11-18-32(62)19-12-29)23-39(64)55-24-37(47(71)56-26(3)41(52)65)60-44(68)33(51)21-28-9-16-31(49)17-10-28/h7-12,14-19,25-26,33-37,40,62H,4-6,13,20-24,51H2,1-3H3,(H2,52,65)(H2,53,66)(H2,54,67)(H,55,64)(H,56,71)(H,57,63)(H,58,70)(H,59,72)(H,60,68)(H,61,69)/t25-,26+,33+,34+,35-,36+,37?,40+/m1/s1. The highest BCUT2D eigenvalue weighted by Crippen LogP contribution is 2.14. The van der Waals surface area contributed by atoms with Gasteiger partial charge in [-0.25, -0.2) is 0 Å². The van der Waals surface area contributed by atoms with Crippen LogP contribution in [0.1, 0.15) is 79.9 Å². The molecule has 0 aliphatic carbocycles. The Bertz CT molecular complexity index is 2390. The van der Waals surface area contributed by atoms with E-state index in [1.165, 1.54) is 43.3 Å². The first-order valence-corrected chi connectivity index (χ1v) is 24.6. The highest BCUT2D eigenvalue weighted by Gasteiger charge is 2.35. The second-order valence-electron chi connectivity index (χ2n) is 17.0. The van der Waals surface area contributed by atoms with E-state index in [2.05, 4.69) is 37.2 Å². The van der Waals surface area contributed by atoms with Crippen molar-refractivity contribution in [2.75, 3.05) is 6.54 Å². The summed E-state index contributed by atoms with van der Waals surface area (Å²) in [4.78, 5) is 132. The molecule has 24 heteroatoms. The highest BCUT2D eigenvalue weighted by molar-refractivity contribution is 14.1. The Kier molecular flexibility index (Phi) is 24.3. The van der Waals surface area contributed by atoms with E-state index in [1.807, 2.05) is 29.5 Å². The van der Waals surface area contributed by atoms with Gasteiger partial charge < -0.3 is 65.3 Å². The molecule has 0 saturated heterocycles. The molecule has 0 radical (unpaired) electrons. The predicted molar refractivity (Wildman–Crippen MR) is 275 cm³/mol. The Morgan fingerprint density at radius 1 is 0.611 bits per heavy atom. The number of primary amides is 3. The minimum atomic E-state index is -1.77. The first kappa shape index (κ1) is 59.4. The zero-order valence-corrected chi connectivity index (χ0v) is 42.9. The van der Waals surface area contributed by atoms with Crippen molar-refractivity contribution in [1.82, 2.24) is 37.2 Å². The van der Waals surface area contributed by atoms with Gasteiger partial charge in [-0.3, -0.25) is 47.9 Å². The molecule has 0 heterocycles. The number of rotatable bonds is 29. The molecule has 8 atom stereocenters. The lowest BCUT2D eigenvalue weighted by molar-refractivity contribution is -0.135. The van der Waals surface area contributed by atoms with Crippen molar-refractivity contribution in [3.8, 4) is 5.75 Å². The van der Waals surface area contributed by atoms with E-state index in [0.717, 1.165) is 5.56 Å². The average Bonchev–Trinajstić information content (AvgIpc) is 3.33. The molecule has 3 aromatic carbocycles. The molecule has 16 N–H and O–H groups in total. The number of phenolic OH excluding ortho intramolecular Hbond substituents is 1. The fourth-order valence-corrected chi connectivity index (χ4v) is 7.46. The molecule has 22 nitrogen and oxygen atoms in total. The van der Waals surface area contributed by atoms with E-state index in [1.54, 1.807) is 43.3 Å². The number of halogens is 2. The summed E-state index contributed by atoms with van der Waals surface area (Å²) in [6.45, 7) is 4.15. The van der Waals surface area contributed by atoms with E-state index in [9.17, 15) is 53.1 Å². The van der Waals surface area contributed by atoms with Gasteiger partial charge in [0.25, 0.3) is 0 Å². The van der Waals surface area contributed by atoms with Gasteiger partial charge in [0.1, 0.15) is 42.0 Å². The fourth-order valence-electron chi connectivity index (χ4n) is 6.83. The molecule has 0 aliphatic rings. The largest absolute Gasteiger partial charge is 0.508 e. The number of hydrogen-bond donors (Lipinski definition) is 12. The molecule has 0 fully saturated rings. The number of carbonyl (C=O) groups excluding carboxylic acids is 10. The lowest BCUT2D eigenvalue weighted by atomic mass is 10.0. The number of benzene rings is 3. The van der Waals surface area contributed by atoms with Gasteiger partial charge >= 0.3 is 0 Å². The zero-order valence-electron chi connectivity index (χ0n) is 40.0. The van der Waals surface area contributed by atoms with Crippen LogP contribution in [0, 0.1) is 0 Å². The molecular formula is C48H63ClIN11O11. The number of phenols is 1. The maximum Gasteiger partial charge on any atom is 0.248 e. The second kappa shape index (κ2) is 29.5. The number of nitrogens with two attached hydrogens (primary N) is 4. The lowest BCUT2D eigenvalue weighted by Gasteiger charge is -2.27. The van der Waals surface area contributed by atoms with Crippen LogP contribution in [0.4, 0.5) is 0 Å². The van der Waals surface area contributed by atoms with Crippen molar-refractivity contribution >= 4 is 93.3 Å². The van der Waals surface area contributed by atoms with Crippen LogP contribution in [0.5, 0.6) is 5.75 Å². The van der Waals surface area contributed by atoms with Crippen molar-refractivity contribution in [2.24, 2.45) is 22.9 Å². The minimum absolute atomic E-state index is 0.0154. The molecule has 10 amide bonds. The number of nitrogens with one attached hydrogen (secondary N) is 7. The summed E-state index contributed by atoms with van der Waals surface area (Å²) in [6, 6.07) is 9.02. The molecular weight excluding hydrogens is 1070 g/mol. The normalized spacial score (nSPS) is 14.2. The topological polar surface area (TPSA) is 379 Å². The van der Waals surface area contributed by atoms with Gasteiger partial charge in [-0.05, 0) is 79.3 Å². The van der Waals surface area contributed by atoms with E-state index in [-0.39, 0.29) is 37.9 Å². The van der Waals surface area contributed by atoms with Crippen molar-refractivity contribution < 1.29 is 53.1 Å². The van der Waals surface area contributed by atoms with Crippen LogP contribution < -0.4 is 60.2 Å². The summed E-state index contributed by atoms with van der Waals surface area (Å²) in [7, 11) is 0. The number of alkyl halides is 1. The minimum Gasteiger partial charge on any atom is -0.508 e. The van der Waals surface area contributed by atoms with Crippen LogP contribution in [0.25, 0.3) is 0 Å². The molecule has 0 aliphatic heterocycles. The molecule has 1 unspecified atom stereocenters. The number of aromatic hydroxyl groups is 1. The van der Waals surface area contributed by atoms with Gasteiger partial charge in [0.05, 0.1) is 12.5 Å². The number of unbranched alkanes of at least 4 members (excludes halogenated alkanes) is 1. The van der Waals surface area contributed by atoms with Gasteiger partial charge in [-0.15, -0.1) is 0 Å². The quantitative estimate of drug-likeness (QED) is 0.0304. The molecule has 3 rings (SSSR count). The van der Waals surface area contributed by atoms with Crippen LogP contribution in [-0.4, -0.2) is 117 Å². The molecule has 0 saturated carbocycles. The summed E-state index contributed by atoms with van der Waals surface area (Å²) in [5.74, 6) is -8.43. The van der Waals surface area contributed by atoms with E-state index >= 15 is 0 Å². The Morgan fingerprint density at radius 3 is 1.72 bits per heavy atom. The molecule has 0 spiro atoms. The van der Waals surface area contributed by atoms with Gasteiger partial charge in [-0.1, -0.05) is 97.3 Å². The van der Waals surface area contributed by atoms with Crippen LogP contribution >= 0.6 is 34.2 Å². The second-order valence-corrected chi connectivity index (χ2v) is 19.4.